The fourth-order valence-corrected chi connectivity index (χ4v) is 1.67. The molecular weight excluding hydrogens is 168 g/mol. The summed E-state index contributed by atoms with van der Waals surface area (Å²) in [4.78, 5) is 2.34. The van der Waals surface area contributed by atoms with Gasteiger partial charge >= 0.3 is 0 Å². The standard InChI is InChI=1S/C10H12OS/c1-9(7-8-11)12-10-5-3-2-4-6-10/h2-7,11H,8H2,1H3/b9-7+. The minimum atomic E-state index is 0.117. The van der Waals surface area contributed by atoms with Crippen LogP contribution in [0, 0.1) is 0 Å². The van der Waals surface area contributed by atoms with Gasteiger partial charge in [0.2, 0.25) is 0 Å². The van der Waals surface area contributed by atoms with Gasteiger partial charge in [0, 0.05) is 4.90 Å². The molecule has 0 aliphatic rings. The second kappa shape index (κ2) is 5.01. The predicted molar refractivity (Wildman–Crippen MR) is 53.1 cm³/mol. The minimum Gasteiger partial charge on any atom is -0.392 e. The van der Waals surface area contributed by atoms with Crippen LogP contribution in [-0.2, 0) is 0 Å². The molecule has 0 saturated heterocycles. The van der Waals surface area contributed by atoms with Gasteiger partial charge in [0.05, 0.1) is 6.61 Å². The molecule has 1 nitrogen and oxygen atoms in total. The SMILES string of the molecule is C/C(=C\CO)Sc1ccccc1. The van der Waals surface area contributed by atoms with E-state index in [4.69, 9.17) is 5.11 Å². The Morgan fingerprint density at radius 2 is 2.08 bits per heavy atom. The minimum absolute atomic E-state index is 0.117. The van der Waals surface area contributed by atoms with Gasteiger partial charge in [-0.05, 0) is 30.0 Å². The van der Waals surface area contributed by atoms with E-state index in [1.54, 1.807) is 17.8 Å². The molecule has 64 valence electrons. The monoisotopic (exact) mass is 180 g/mol. The Morgan fingerprint density at radius 1 is 1.42 bits per heavy atom. The van der Waals surface area contributed by atoms with Crippen LogP contribution in [0.1, 0.15) is 6.92 Å². The van der Waals surface area contributed by atoms with Crippen LogP contribution in [0.25, 0.3) is 0 Å². The molecule has 0 aliphatic heterocycles. The van der Waals surface area contributed by atoms with Gasteiger partial charge in [0.25, 0.3) is 0 Å². The largest absolute Gasteiger partial charge is 0.392 e. The fourth-order valence-electron chi connectivity index (χ4n) is 0.845. The van der Waals surface area contributed by atoms with Crippen LogP contribution in [-0.4, -0.2) is 11.7 Å². The van der Waals surface area contributed by atoms with Gasteiger partial charge in [-0.3, -0.25) is 0 Å². The molecule has 0 amide bonds. The highest BCUT2D eigenvalue weighted by molar-refractivity contribution is 8.03. The molecule has 0 saturated carbocycles. The summed E-state index contributed by atoms with van der Waals surface area (Å²) in [5.74, 6) is 0. The fraction of sp³-hybridized carbons (Fsp3) is 0.200. The van der Waals surface area contributed by atoms with Crippen molar-refractivity contribution in [3.05, 3.63) is 41.3 Å². The highest BCUT2D eigenvalue weighted by Crippen LogP contribution is 2.24. The van der Waals surface area contributed by atoms with Crippen molar-refractivity contribution in [2.75, 3.05) is 6.61 Å². The zero-order valence-corrected chi connectivity index (χ0v) is 7.84. The van der Waals surface area contributed by atoms with E-state index in [9.17, 15) is 0 Å². The molecule has 0 atom stereocenters. The number of aliphatic hydroxyl groups excluding tert-OH is 1. The summed E-state index contributed by atoms with van der Waals surface area (Å²) in [6.07, 6.45) is 1.80. The number of aliphatic hydroxyl groups is 1. The van der Waals surface area contributed by atoms with E-state index in [0.717, 1.165) is 4.91 Å². The Balaban J connectivity index is 2.58. The van der Waals surface area contributed by atoms with Gasteiger partial charge in [0.15, 0.2) is 0 Å². The lowest BCUT2D eigenvalue weighted by Gasteiger charge is -1.99. The molecular formula is C10H12OS. The van der Waals surface area contributed by atoms with Crippen molar-refractivity contribution in [2.24, 2.45) is 0 Å². The van der Waals surface area contributed by atoms with Crippen LogP contribution < -0.4 is 0 Å². The molecule has 0 aromatic heterocycles. The molecule has 12 heavy (non-hydrogen) atoms. The molecule has 1 N–H and O–H groups in total. The first-order chi connectivity index (χ1) is 5.83. The zero-order valence-electron chi connectivity index (χ0n) is 7.03. The highest BCUT2D eigenvalue weighted by atomic mass is 32.2. The Labute approximate surface area is 77.1 Å². The van der Waals surface area contributed by atoms with Crippen molar-refractivity contribution in [3.8, 4) is 0 Å². The molecule has 0 aliphatic carbocycles. The van der Waals surface area contributed by atoms with Crippen molar-refractivity contribution < 1.29 is 5.11 Å². The van der Waals surface area contributed by atoms with Gasteiger partial charge in [-0.1, -0.05) is 30.0 Å². The first kappa shape index (κ1) is 9.36. The smallest absolute Gasteiger partial charge is 0.0623 e. The summed E-state index contributed by atoms with van der Waals surface area (Å²) in [5.41, 5.74) is 0. The van der Waals surface area contributed by atoms with Crippen LogP contribution in [0.5, 0.6) is 0 Å². The van der Waals surface area contributed by atoms with Gasteiger partial charge < -0.3 is 5.11 Å². The number of rotatable bonds is 3. The Kier molecular flexibility index (Phi) is 3.91. The Morgan fingerprint density at radius 3 is 2.67 bits per heavy atom. The summed E-state index contributed by atoms with van der Waals surface area (Å²) < 4.78 is 0. The maximum absolute atomic E-state index is 8.62. The van der Waals surface area contributed by atoms with Crippen molar-refractivity contribution in [1.29, 1.82) is 0 Å². The lowest BCUT2D eigenvalue weighted by Crippen LogP contribution is -1.75. The van der Waals surface area contributed by atoms with Gasteiger partial charge in [-0.2, -0.15) is 0 Å². The molecule has 0 radical (unpaired) electrons. The molecule has 0 bridgehead atoms. The number of hydrogen-bond acceptors (Lipinski definition) is 2. The molecule has 0 heterocycles. The maximum atomic E-state index is 8.62. The second-order valence-electron chi connectivity index (χ2n) is 2.41. The van der Waals surface area contributed by atoms with Crippen molar-refractivity contribution in [3.63, 3.8) is 0 Å². The van der Waals surface area contributed by atoms with Crippen LogP contribution in [0.15, 0.2) is 46.2 Å². The summed E-state index contributed by atoms with van der Waals surface area (Å²) in [7, 11) is 0. The van der Waals surface area contributed by atoms with Crippen LogP contribution in [0.3, 0.4) is 0 Å². The lowest BCUT2D eigenvalue weighted by molar-refractivity contribution is 0.342. The maximum Gasteiger partial charge on any atom is 0.0623 e. The summed E-state index contributed by atoms with van der Waals surface area (Å²) in [5, 5.41) is 8.62. The molecule has 0 spiro atoms. The van der Waals surface area contributed by atoms with Crippen LogP contribution >= 0.6 is 11.8 Å². The number of thioether (sulfide) groups is 1. The molecule has 0 fully saturated rings. The van der Waals surface area contributed by atoms with Crippen molar-refractivity contribution in [1.82, 2.24) is 0 Å². The lowest BCUT2D eigenvalue weighted by atomic mass is 10.4. The topological polar surface area (TPSA) is 20.2 Å². The predicted octanol–water partition coefficient (Wildman–Crippen LogP) is 2.67. The van der Waals surface area contributed by atoms with Gasteiger partial charge in [-0.25, -0.2) is 0 Å². The Hall–Kier alpha value is -0.730. The molecule has 1 rings (SSSR count). The van der Waals surface area contributed by atoms with E-state index >= 15 is 0 Å². The molecule has 0 unspecified atom stereocenters. The third kappa shape index (κ3) is 3.11. The zero-order chi connectivity index (χ0) is 8.81. The molecule has 1 aromatic rings. The summed E-state index contributed by atoms with van der Waals surface area (Å²) in [6, 6.07) is 10.1. The normalized spacial score (nSPS) is 11.7. The van der Waals surface area contributed by atoms with E-state index in [1.165, 1.54) is 4.90 Å². The number of allylic oxidation sites excluding steroid dienone is 1. The Bertz CT molecular complexity index is 254. The third-order valence-electron chi connectivity index (χ3n) is 1.40. The molecule has 1 aromatic carbocycles. The number of hydrogen-bond donors (Lipinski definition) is 1. The number of benzene rings is 1. The first-order valence-electron chi connectivity index (χ1n) is 3.83. The van der Waals surface area contributed by atoms with Crippen LogP contribution in [0.4, 0.5) is 0 Å². The van der Waals surface area contributed by atoms with E-state index in [2.05, 4.69) is 12.1 Å². The highest BCUT2D eigenvalue weighted by Gasteiger charge is 1.92. The van der Waals surface area contributed by atoms with E-state index in [1.807, 2.05) is 25.1 Å². The first-order valence-corrected chi connectivity index (χ1v) is 4.65. The van der Waals surface area contributed by atoms with Crippen molar-refractivity contribution in [2.45, 2.75) is 11.8 Å². The average Bonchev–Trinajstić information content (AvgIpc) is 2.06. The van der Waals surface area contributed by atoms with E-state index < -0.39 is 0 Å². The summed E-state index contributed by atoms with van der Waals surface area (Å²) >= 11 is 1.67. The van der Waals surface area contributed by atoms with E-state index in [-0.39, 0.29) is 6.61 Å². The van der Waals surface area contributed by atoms with Crippen LogP contribution in [0.2, 0.25) is 0 Å². The molecule has 2 heteroatoms. The third-order valence-corrected chi connectivity index (χ3v) is 2.40. The second-order valence-corrected chi connectivity index (χ2v) is 3.73. The average molecular weight is 180 g/mol. The van der Waals surface area contributed by atoms with Crippen molar-refractivity contribution >= 4 is 11.8 Å². The quantitative estimate of drug-likeness (QED) is 0.722. The summed E-state index contributed by atoms with van der Waals surface area (Å²) in [6.45, 7) is 2.11. The van der Waals surface area contributed by atoms with Gasteiger partial charge in [-0.15, -0.1) is 0 Å². The van der Waals surface area contributed by atoms with E-state index in [0.29, 0.717) is 0 Å². The van der Waals surface area contributed by atoms with Gasteiger partial charge in [0.1, 0.15) is 0 Å².